The number of aryl methyl sites for hydroxylation is 2. The number of methoxy groups -OCH3 is 1. The topological polar surface area (TPSA) is 79.6 Å². The van der Waals surface area contributed by atoms with Gasteiger partial charge < -0.3 is 20.3 Å². The molecular weight excluding hydrogens is 354 g/mol. The van der Waals surface area contributed by atoms with Crippen LogP contribution in [0.25, 0.3) is 5.82 Å². The van der Waals surface area contributed by atoms with Gasteiger partial charge in [0.1, 0.15) is 0 Å². The molecule has 2 rings (SSSR count). The van der Waals surface area contributed by atoms with E-state index in [2.05, 4.69) is 43.7 Å². The number of aliphatic imine (C=N–C) groups is 1. The maximum Gasteiger partial charge on any atom is 0.191 e. The Balaban J connectivity index is 1.76. The van der Waals surface area contributed by atoms with E-state index in [4.69, 9.17) is 4.74 Å². The van der Waals surface area contributed by atoms with Gasteiger partial charge in [-0.15, -0.1) is 0 Å². The van der Waals surface area contributed by atoms with E-state index >= 15 is 0 Å². The maximum atomic E-state index is 5.08. The van der Waals surface area contributed by atoms with Crippen molar-refractivity contribution in [1.29, 1.82) is 0 Å². The molecule has 0 bridgehead atoms. The fourth-order valence-corrected chi connectivity index (χ4v) is 2.87. The number of hydrogen-bond donors (Lipinski definition) is 2. The van der Waals surface area contributed by atoms with Crippen LogP contribution >= 0.6 is 0 Å². The highest BCUT2D eigenvalue weighted by molar-refractivity contribution is 5.79. The van der Waals surface area contributed by atoms with Crippen molar-refractivity contribution in [2.75, 3.05) is 47.4 Å². The Morgan fingerprint density at radius 1 is 1.25 bits per heavy atom. The molecule has 154 valence electrons. The molecule has 0 aliphatic carbocycles. The molecule has 8 nitrogen and oxygen atoms in total. The second-order valence-electron chi connectivity index (χ2n) is 6.87. The number of hydrogen-bond acceptors (Lipinski definition) is 5. The van der Waals surface area contributed by atoms with Gasteiger partial charge in [-0.2, -0.15) is 5.10 Å². The molecule has 2 heterocycles. The Morgan fingerprint density at radius 2 is 2.07 bits per heavy atom. The van der Waals surface area contributed by atoms with Gasteiger partial charge in [-0.25, -0.2) is 9.67 Å². The molecule has 2 aromatic heterocycles. The van der Waals surface area contributed by atoms with Gasteiger partial charge in [0.15, 0.2) is 11.8 Å². The van der Waals surface area contributed by atoms with Crippen molar-refractivity contribution in [3.63, 3.8) is 0 Å². The minimum Gasteiger partial charge on any atom is -0.385 e. The third-order valence-corrected chi connectivity index (χ3v) is 4.39. The third-order valence-electron chi connectivity index (χ3n) is 4.39. The SMILES string of the molecule is CN=C(NCCN(C)CCCOC)NCc1ccc(-n2nc(C)cc2C)nc1. The summed E-state index contributed by atoms with van der Waals surface area (Å²) in [4.78, 5) is 11.1. The maximum absolute atomic E-state index is 5.08. The molecule has 0 spiro atoms. The van der Waals surface area contributed by atoms with Gasteiger partial charge in [-0.3, -0.25) is 4.99 Å². The third kappa shape index (κ3) is 6.94. The Bertz CT molecular complexity index is 740. The molecular formula is C20H33N7O. The van der Waals surface area contributed by atoms with Gasteiger partial charge >= 0.3 is 0 Å². The van der Waals surface area contributed by atoms with Crippen molar-refractivity contribution in [2.45, 2.75) is 26.8 Å². The molecule has 0 fully saturated rings. The number of nitrogens with zero attached hydrogens (tertiary/aromatic N) is 5. The largest absolute Gasteiger partial charge is 0.385 e. The first-order chi connectivity index (χ1) is 13.5. The van der Waals surface area contributed by atoms with Crippen molar-refractivity contribution in [3.05, 3.63) is 41.3 Å². The van der Waals surface area contributed by atoms with Crippen LogP contribution in [0, 0.1) is 13.8 Å². The number of likely N-dealkylation sites (N-methyl/N-ethyl adjacent to an activating group) is 1. The molecule has 0 atom stereocenters. The van der Waals surface area contributed by atoms with E-state index in [9.17, 15) is 0 Å². The monoisotopic (exact) mass is 387 g/mol. The van der Waals surface area contributed by atoms with E-state index in [0.29, 0.717) is 6.54 Å². The van der Waals surface area contributed by atoms with Crippen LogP contribution in [-0.2, 0) is 11.3 Å². The molecule has 0 radical (unpaired) electrons. The zero-order chi connectivity index (χ0) is 20.4. The van der Waals surface area contributed by atoms with Crippen LogP contribution in [-0.4, -0.2) is 73.1 Å². The Labute approximate surface area is 168 Å². The average molecular weight is 388 g/mol. The van der Waals surface area contributed by atoms with E-state index in [1.165, 1.54) is 0 Å². The molecule has 28 heavy (non-hydrogen) atoms. The molecule has 0 aliphatic heterocycles. The van der Waals surface area contributed by atoms with Crippen molar-refractivity contribution >= 4 is 5.96 Å². The summed E-state index contributed by atoms with van der Waals surface area (Å²) >= 11 is 0. The first-order valence-electron chi connectivity index (χ1n) is 9.64. The smallest absolute Gasteiger partial charge is 0.191 e. The average Bonchev–Trinajstić information content (AvgIpc) is 3.03. The fraction of sp³-hybridized carbons (Fsp3) is 0.550. The van der Waals surface area contributed by atoms with E-state index in [0.717, 1.165) is 61.4 Å². The number of aromatic nitrogens is 3. The van der Waals surface area contributed by atoms with Crippen LogP contribution in [0.3, 0.4) is 0 Å². The van der Waals surface area contributed by atoms with E-state index < -0.39 is 0 Å². The summed E-state index contributed by atoms with van der Waals surface area (Å²) in [5, 5.41) is 11.1. The van der Waals surface area contributed by atoms with Gasteiger partial charge in [0.2, 0.25) is 0 Å². The van der Waals surface area contributed by atoms with Crippen molar-refractivity contribution in [1.82, 2.24) is 30.3 Å². The predicted octanol–water partition coefficient (Wildman–Crippen LogP) is 1.52. The van der Waals surface area contributed by atoms with Crippen LogP contribution in [0.4, 0.5) is 0 Å². The lowest BCUT2D eigenvalue weighted by atomic mass is 10.3. The number of guanidine groups is 1. The van der Waals surface area contributed by atoms with Crippen LogP contribution in [0.15, 0.2) is 29.4 Å². The molecule has 8 heteroatoms. The van der Waals surface area contributed by atoms with Gasteiger partial charge in [-0.1, -0.05) is 6.07 Å². The molecule has 0 saturated heterocycles. The molecule has 2 N–H and O–H groups in total. The second-order valence-corrected chi connectivity index (χ2v) is 6.87. The Hall–Kier alpha value is -2.45. The molecule has 2 aromatic rings. The number of nitrogens with one attached hydrogen (secondary N) is 2. The van der Waals surface area contributed by atoms with Gasteiger partial charge in [-0.05, 0) is 45.0 Å². The summed E-state index contributed by atoms with van der Waals surface area (Å²) in [6, 6.07) is 6.09. The zero-order valence-electron chi connectivity index (χ0n) is 17.7. The summed E-state index contributed by atoms with van der Waals surface area (Å²) in [7, 11) is 5.63. The first kappa shape index (κ1) is 21.8. The highest BCUT2D eigenvalue weighted by atomic mass is 16.5. The van der Waals surface area contributed by atoms with E-state index in [1.807, 2.05) is 36.9 Å². The second kappa shape index (κ2) is 11.4. The minimum atomic E-state index is 0.660. The van der Waals surface area contributed by atoms with Crippen molar-refractivity contribution in [2.24, 2.45) is 4.99 Å². The normalized spacial score (nSPS) is 11.9. The fourth-order valence-electron chi connectivity index (χ4n) is 2.87. The standard InChI is InChI=1S/C20H33N7O/c1-16-13-17(2)27(25-16)19-8-7-18(14-23-19)15-24-20(21-3)22-9-11-26(4)10-6-12-28-5/h7-8,13-14H,6,9-12,15H2,1-5H3,(H2,21,22,24). The Kier molecular flexibility index (Phi) is 8.90. The van der Waals surface area contributed by atoms with Crippen molar-refractivity contribution < 1.29 is 4.74 Å². The lowest BCUT2D eigenvalue weighted by Gasteiger charge is -2.18. The molecule has 0 aliphatic rings. The number of ether oxygens (including phenoxy) is 1. The molecule has 0 aromatic carbocycles. The zero-order valence-corrected chi connectivity index (χ0v) is 17.7. The number of pyridine rings is 1. The molecule has 0 unspecified atom stereocenters. The molecule has 0 saturated carbocycles. The van der Waals surface area contributed by atoms with Crippen LogP contribution in [0.5, 0.6) is 0 Å². The summed E-state index contributed by atoms with van der Waals surface area (Å²) in [6.07, 6.45) is 2.91. The van der Waals surface area contributed by atoms with Crippen LogP contribution in [0.1, 0.15) is 23.4 Å². The van der Waals surface area contributed by atoms with Crippen molar-refractivity contribution in [3.8, 4) is 5.82 Å². The summed E-state index contributed by atoms with van der Waals surface area (Å²) < 4.78 is 6.94. The van der Waals surface area contributed by atoms with Gasteiger partial charge in [0.25, 0.3) is 0 Å². The quantitative estimate of drug-likeness (QED) is 0.366. The highest BCUT2D eigenvalue weighted by Crippen LogP contribution is 2.10. The van der Waals surface area contributed by atoms with Crippen LogP contribution < -0.4 is 10.6 Å². The number of rotatable bonds is 10. The highest BCUT2D eigenvalue weighted by Gasteiger charge is 2.05. The lowest BCUT2D eigenvalue weighted by Crippen LogP contribution is -2.40. The first-order valence-corrected chi connectivity index (χ1v) is 9.64. The molecule has 0 amide bonds. The van der Waals surface area contributed by atoms with E-state index in [1.54, 1.807) is 14.2 Å². The van der Waals surface area contributed by atoms with Gasteiger partial charge in [0.05, 0.1) is 5.69 Å². The summed E-state index contributed by atoms with van der Waals surface area (Å²) in [5.74, 6) is 1.61. The lowest BCUT2D eigenvalue weighted by molar-refractivity contribution is 0.180. The van der Waals surface area contributed by atoms with Gasteiger partial charge in [0, 0.05) is 58.8 Å². The predicted molar refractivity (Wildman–Crippen MR) is 113 cm³/mol. The van der Waals surface area contributed by atoms with E-state index in [-0.39, 0.29) is 0 Å². The Morgan fingerprint density at radius 3 is 2.68 bits per heavy atom. The van der Waals surface area contributed by atoms with Crippen LogP contribution in [0.2, 0.25) is 0 Å². The summed E-state index contributed by atoms with van der Waals surface area (Å²) in [6.45, 7) is 8.27. The summed E-state index contributed by atoms with van der Waals surface area (Å²) in [5.41, 5.74) is 3.15. The minimum absolute atomic E-state index is 0.660.